The van der Waals surface area contributed by atoms with E-state index in [1.807, 2.05) is 42.5 Å². The van der Waals surface area contributed by atoms with Crippen molar-refractivity contribution in [2.75, 3.05) is 0 Å². The second kappa shape index (κ2) is 9.18. The van der Waals surface area contributed by atoms with Crippen molar-refractivity contribution in [3.63, 3.8) is 0 Å². The molecule has 6 nitrogen and oxygen atoms in total. The van der Waals surface area contributed by atoms with Gasteiger partial charge in [-0.05, 0) is 54.3 Å². The highest BCUT2D eigenvalue weighted by Crippen LogP contribution is 2.31. The quantitative estimate of drug-likeness (QED) is 0.556. The molecular weight excluding hydrogens is 434 g/mol. The second-order valence-electron chi connectivity index (χ2n) is 7.48. The molecule has 2 aromatic carbocycles. The number of nitrogens with one attached hydrogen (secondary N) is 1. The van der Waals surface area contributed by atoms with E-state index in [0.717, 1.165) is 24.0 Å². The summed E-state index contributed by atoms with van der Waals surface area (Å²) in [5.74, 6) is -0.213. The molecule has 1 amide bonds. The molecule has 1 N–H and O–H groups in total. The first-order valence-corrected chi connectivity index (χ1v) is 11.8. The molecule has 0 atom stereocenters. The van der Waals surface area contributed by atoms with Gasteiger partial charge in [-0.15, -0.1) is 0 Å². The Balaban J connectivity index is 1.56. The minimum Gasteiger partial charge on any atom is -0.331 e. The van der Waals surface area contributed by atoms with Crippen LogP contribution in [0, 0.1) is 0 Å². The Labute approximate surface area is 186 Å². The Hall–Kier alpha value is -2.74. The van der Waals surface area contributed by atoms with Gasteiger partial charge in [0.2, 0.25) is 10.0 Å². The Kier molecular flexibility index (Phi) is 6.36. The smallest absolute Gasteiger partial charge is 0.254 e. The summed E-state index contributed by atoms with van der Waals surface area (Å²) in [5, 5.41) is 0.0733. The van der Waals surface area contributed by atoms with E-state index in [4.69, 9.17) is 11.6 Å². The predicted octanol–water partition coefficient (Wildman–Crippen LogP) is 4.02. The molecule has 0 aliphatic heterocycles. The summed E-state index contributed by atoms with van der Waals surface area (Å²) in [6.07, 6.45) is 5.26. The van der Waals surface area contributed by atoms with Crippen molar-refractivity contribution in [1.29, 1.82) is 0 Å². The number of amides is 1. The summed E-state index contributed by atoms with van der Waals surface area (Å²) in [6, 6.07) is 17.5. The number of rotatable bonds is 8. The second-order valence-corrected chi connectivity index (χ2v) is 9.62. The lowest BCUT2D eigenvalue weighted by Gasteiger charge is -2.23. The van der Waals surface area contributed by atoms with Gasteiger partial charge in [0.15, 0.2) is 0 Å². The summed E-state index contributed by atoms with van der Waals surface area (Å²) < 4.78 is 28.3. The first-order chi connectivity index (χ1) is 14.9. The van der Waals surface area contributed by atoms with E-state index in [9.17, 15) is 13.2 Å². The van der Waals surface area contributed by atoms with Gasteiger partial charge in [0.05, 0.1) is 5.02 Å². The molecule has 8 heteroatoms. The summed E-state index contributed by atoms with van der Waals surface area (Å²) in [4.78, 5) is 18.9. The van der Waals surface area contributed by atoms with Crippen LogP contribution in [0.3, 0.4) is 0 Å². The van der Waals surface area contributed by atoms with Crippen LogP contribution in [0.5, 0.6) is 0 Å². The maximum absolute atomic E-state index is 13.3. The molecule has 4 rings (SSSR count). The van der Waals surface area contributed by atoms with E-state index >= 15 is 0 Å². The summed E-state index contributed by atoms with van der Waals surface area (Å²) >= 11 is 6.20. The molecule has 3 aromatic rings. The Morgan fingerprint density at radius 3 is 2.42 bits per heavy atom. The van der Waals surface area contributed by atoms with E-state index < -0.39 is 10.0 Å². The lowest BCUT2D eigenvalue weighted by Crippen LogP contribution is -2.33. The largest absolute Gasteiger partial charge is 0.331 e. The van der Waals surface area contributed by atoms with Crippen molar-refractivity contribution in [2.45, 2.75) is 36.9 Å². The fourth-order valence-corrected chi connectivity index (χ4v) is 4.84. The van der Waals surface area contributed by atoms with Crippen molar-refractivity contribution in [2.24, 2.45) is 0 Å². The minimum absolute atomic E-state index is 0.0733. The maximum atomic E-state index is 13.3. The van der Waals surface area contributed by atoms with Crippen molar-refractivity contribution >= 4 is 27.5 Å². The number of aromatic nitrogens is 1. The first-order valence-electron chi connectivity index (χ1n) is 9.97. The van der Waals surface area contributed by atoms with Gasteiger partial charge in [-0.25, -0.2) is 13.1 Å². The molecule has 1 saturated carbocycles. The fourth-order valence-electron chi connectivity index (χ4n) is 3.30. The zero-order valence-corrected chi connectivity index (χ0v) is 18.3. The molecule has 1 heterocycles. The van der Waals surface area contributed by atoms with E-state index in [1.165, 1.54) is 12.1 Å². The molecule has 0 radical (unpaired) electrons. The normalized spacial score (nSPS) is 13.7. The third-order valence-electron chi connectivity index (χ3n) is 5.13. The average molecular weight is 456 g/mol. The van der Waals surface area contributed by atoms with Gasteiger partial charge < -0.3 is 4.90 Å². The molecule has 1 aliphatic carbocycles. The molecule has 1 aliphatic rings. The number of pyridine rings is 1. The molecule has 1 fully saturated rings. The van der Waals surface area contributed by atoms with Gasteiger partial charge in [-0.1, -0.05) is 41.9 Å². The molecule has 31 heavy (non-hydrogen) atoms. The van der Waals surface area contributed by atoms with E-state index in [0.29, 0.717) is 12.1 Å². The molecule has 1 aromatic heterocycles. The van der Waals surface area contributed by atoms with Crippen LogP contribution in [0.4, 0.5) is 0 Å². The average Bonchev–Trinajstić information content (AvgIpc) is 3.63. The number of carbonyl (C=O) groups is 1. The summed E-state index contributed by atoms with van der Waals surface area (Å²) in [5.41, 5.74) is 2.10. The number of hydrogen-bond donors (Lipinski definition) is 1. The standard InChI is InChI=1S/C23H22ClN3O3S/c24-21-9-6-19(14-22(21)31(29,30)26-15-17-4-2-1-3-5-17)23(28)27(20-7-8-20)16-18-10-12-25-13-11-18/h1-6,9-14,20,26H,7-8,15-16H2. The van der Waals surface area contributed by atoms with Gasteiger partial charge >= 0.3 is 0 Å². The van der Waals surface area contributed by atoms with Crippen LogP contribution in [-0.4, -0.2) is 30.3 Å². The predicted molar refractivity (Wildman–Crippen MR) is 119 cm³/mol. The van der Waals surface area contributed by atoms with Crippen LogP contribution in [0.2, 0.25) is 5.02 Å². The monoisotopic (exact) mass is 455 g/mol. The molecular formula is C23H22ClN3O3S. The molecule has 0 bridgehead atoms. The highest BCUT2D eigenvalue weighted by atomic mass is 35.5. The highest BCUT2D eigenvalue weighted by Gasteiger charge is 2.33. The van der Waals surface area contributed by atoms with E-state index in [-0.39, 0.29) is 28.4 Å². The minimum atomic E-state index is -3.90. The number of sulfonamides is 1. The SMILES string of the molecule is O=C(c1ccc(Cl)c(S(=O)(=O)NCc2ccccc2)c1)N(Cc1ccncc1)C1CC1. The third kappa shape index (κ3) is 5.31. The van der Waals surface area contributed by atoms with Crippen molar-refractivity contribution < 1.29 is 13.2 Å². The molecule has 0 saturated heterocycles. The fraction of sp³-hybridized carbons (Fsp3) is 0.217. The molecule has 0 spiro atoms. The van der Waals surface area contributed by atoms with Gasteiger partial charge in [0.1, 0.15) is 4.90 Å². The van der Waals surface area contributed by atoms with Crippen LogP contribution < -0.4 is 4.72 Å². The number of benzene rings is 2. The van der Waals surface area contributed by atoms with Crippen LogP contribution in [0.1, 0.15) is 34.3 Å². The van der Waals surface area contributed by atoms with Crippen molar-refractivity contribution in [1.82, 2.24) is 14.6 Å². The zero-order valence-electron chi connectivity index (χ0n) is 16.7. The number of carbonyl (C=O) groups excluding carboxylic acids is 1. The molecule has 0 unspecified atom stereocenters. The van der Waals surface area contributed by atoms with Crippen molar-refractivity contribution in [3.05, 3.63) is 94.8 Å². The molecule has 160 valence electrons. The van der Waals surface area contributed by atoms with Crippen LogP contribution in [-0.2, 0) is 23.1 Å². The summed E-state index contributed by atoms with van der Waals surface area (Å²) in [6.45, 7) is 0.580. The summed E-state index contributed by atoms with van der Waals surface area (Å²) in [7, 11) is -3.90. The Bertz CT molecular complexity index is 1170. The topological polar surface area (TPSA) is 79.4 Å². The van der Waals surface area contributed by atoms with Crippen LogP contribution in [0.25, 0.3) is 0 Å². The highest BCUT2D eigenvalue weighted by molar-refractivity contribution is 7.89. The number of hydrogen-bond acceptors (Lipinski definition) is 4. The van der Waals surface area contributed by atoms with Gasteiger partial charge in [0.25, 0.3) is 5.91 Å². The first kappa shape index (κ1) is 21.5. The van der Waals surface area contributed by atoms with Crippen molar-refractivity contribution in [3.8, 4) is 0 Å². The Morgan fingerprint density at radius 2 is 1.74 bits per heavy atom. The van der Waals surface area contributed by atoms with Gasteiger partial charge in [-0.2, -0.15) is 0 Å². The lowest BCUT2D eigenvalue weighted by molar-refractivity contribution is 0.0729. The maximum Gasteiger partial charge on any atom is 0.254 e. The van der Waals surface area contributed by atoms with Gasteiger partial charge in [-0.3, -0.25) is 9.78 Å². The lowest BCUT2D eigenvalue weighted by atomic mass is 10.1. The van der Waals surface area contributed by atoms with E-state index in [2.05, 4.69) is 9.71 Å². The number of nitrogens with zero attached hydrogens (tertiary/aromatic N) is 2. The van der Waals surface area contributed by atoms with E-state index in [1.54, 1.807) is 23.4 Å². The third-order valence-corrected chi connectivity index (χ3v) is 7.01. The zero-order chi connectivity index (χ0) is 21.8. The number of halogens is 1. The van der Waals surface area contributed by atoms with Gasteiger partial charge in [0, 0.05) is 37.1 Å². The Morgan fingerprint density at radius 1 is 1.03 bits per heavy atom. The van der Waals surface area contributed by atoms with Crippen LogP contribution in [0.15, 0.2) is 78.0 Å². The van der Waals surface area contributed by atoms with Crippen LogP contribution >= 0.6 is 11.6 Å².